The van der Waals surface area contributed by atoms with Crippen LogP contribution in [0, 0.1) is 12.8 Å². The van der Waals surface area contributed by atoms with Crippen LogP contribution < -0.4 is 10.8 Å². The number of fused-ring (bicyclic) bond motifs is 1. The fourth-order valence-corrected chi connectivity index (χ4v) is 4.65. The summed E-state index contributed by atoms with van der Waals surface area (Å²) in [4.78, 5) is 28.3. The highest BCUT2D eigenvalue weighted by molar-refractivity contribution is 6.62. The summed E-state index contributed by atoms with van der Waals surface area (Å²) < 4.78 is 10.8. The van der Waals surface area contributed by atoms with E-state index in [1.807, 2.05) is 26.0 Å². The van der Waals surface area contributed by atoms with Gasteiger partial charge in [-0.1, -0.05) is 44.2 Å². The van der Waals surface area contributed by atoms with Crippen molar-refractivity contribution in [3.63, 3.8) is 0 Å². The predicted octanol–water partition coefficient (Wildman–Crippen LogP) is 2.31. The van der Waals surface area contributed by atoms with Crippen molar-refractivity contribution in [1.82, 2.24) is 10.2 Å². The second kappa shape index (κ2) is 10.7. The maximum atomic E-state index is 13.0. The molecular weight excluding hydrogens is 431 g/mol. The average Bonchev–Trinajstić information content (AvgIpc) is 3.46. The molecule has 2 aliphatic heterocycles. The zero-order valence-electron chi connectivity index (χ0n) is 20.2. The van der Waals surface area contributed by atoms with Crippen LogP contribution >= 0.6 is 0 Å². The van der Waals surface area contributed by atoms with Gasteiger partial charge in [-0.15, -0.1) is 0 Å². The molecular formula is C26H33BN2O5. The van der Waals surface area contributed by atoms with Crippen LogP contribution in [0.5, 0.6) is 0 Å². The Morgan fingerprint density at radius 2 is 1.79 bits per heavy atom. The van der Waals surface area contributed by atoms with Crippen molar-refractivity contribution >= 4 is 24.5 Å². The van der Waals surface area contributed by atoms with Crippen molar-refractivity contribution in [2.75, 3.05) is 13.1 Å². The number of hydrogen-bond acceptors (Lipinski definition) is 6. The number of hydrogen-bond donors (Lipinski definition) is 2. The smallest absolute Gasteiger partial charge is 0.459 e. The van der Waals surface area contributed by atoms with E-state index >= 15 is 0 Å². The van der Waals surface area contributed by atoms with Crippen LogP contribution in [-0.2, 0) is 33.9 Å². The molecule has 1 amide bonds. The number of nitrogens with zero attached hydrogens (tertiary/aromatic N) is 1. The zero-order chi connectivity index (χ0) is 24.2. The fourth-order valence-electron chi connectivity index (χ4n) is 4.65. The van der Waals surface area contributed by atoms with E-state index < -0.39 is 19.1 Å². The number of nitrogens with one attached hydrogen (secondary N) is 1. The van der Waals surface area contributed by atoms with E-state index in [2.05, 4.69) is 22.3 Å². The number of benzene rings is 2. The second-order valence-electron chi connectivity index (χ2n) is 9.58. The molecule has 0 saturated carbocycles. The zero-order valence-corrected chi connectivity index (χ0v) is 20.2. The van der Waals surface area contributed by atoms with Gasteiger partial charge in [-0.3, -0.25) is 9.69 Å². The molecule has 2 N–H and O–H groups in total. The highest BCUT2D eigenvalue weighted by atomic mass is 16.5. The summed E-state index contributed by atoms with van der Waals surface area (Å²) in [6, 6.07) is 10.8. The Bertz CT molecular complexity index is 1030. The van der Waals surface area contributed by atoms with Crippen molar-refractivity contribution in [1.29, 1.82) is 0 Å². The van der Waals surface area contributed by atoms with E-state index in [1.54, 1.807) is 19.1 Å². The van der Waals surface area contributed by atoms with Gasteiger partial charge in [-0.2, -0.15) is 0 Å². The van der Waals surface area contributed by atoms with Crippen molar-refractivity contribution in [3.8, 4) is 0 Å². The van der Waals surface area contributed by atoms with E-state index in [1.165, 1.54) is 18.4 Å². The van der Waals surface area contributed by atoms with E-state index in [-0.39, 0.29) is 18.4 Å². The number of rotatable bonds is 8. The Hall–Kier alpha value is -2.68. The standard InChI is InChI=1S/C26H33BN2O5/c1-17(2)24(28-25(30)22-11-10-21-16-34-27(32)23(21)18(22)3)26(31)33-15-20-8-6-19(7-9-20)14-29-12-4-5-13-29/h6-11,17,24,32H,4-5,12-16H2,1-3H3,(H,28,30). The summed E-state index contributed by atoms with van der Waals surface area (Å²) in [5.41, 5.74) is 4.73. The lowest BCUT2D eigenvalue weighted by molar-refractivity contribution is -0.148. The summed E-state index contributed by atoms with van der Waals surface area (Å²) in [6.45, 7) is 9.25. The minimum Gasteiger partial charge on any atom is -0.459 e. The van der Waals surface area contributed by atoms with Gasteiger partial charge in [0.25, 0.3) is 5.91 Å². The number of carbonyl (C=O) groups is 2. The molecule has 4 rings (SSSR count). The van der Waals surface area contributed by atoms with Crippen LogP contribution in [-0.4, -0.2) is 48.1 Å². The van der Waals surface area contributed by atoms with Crippen LogP contribution in [0.15, 0.2) is 36.4 Å². The monoisotopic (exact) mass is 464 g/mol. The summed E-state index contributed by atoms with van der Waals surface area (Å²) in [7, 11) is -1.03. The molecule has 0 bridgehead atoms. The Labute approximate surface area is 201 Å². The van der Waals surface area contributed by atoms with E-state index in [0.29, 0.717) is 23.2 Å². The SMILES string of the molecule is Cc1c(C(=O)NC(C(=O)OCc2ccc(CN3CCCC3)cc2)C(C)C)ccc2c1B(O)OC2. The lowest BCUT2D eigenvalue weighted by atomic mass is 9.75. The minimum absolute atomic E-state index is 0.150. The molecule has 1 atom stereocenters. The Kier molecular flexibility index (Phi) is 7.71. The first-order valence-electron chi connectivity index (χ1n) is 12.0. The van der Waals surface area contributed by atoms with Gasteiger partial charge >= 0.3 is 13.1 Å². The van der Waals surface area contributed by atoms with Gasteiger partial charge in [0.05, 0.1) is 6.61 Å². The van der Waals surface area contributed by atoms with E-state index in [9.17, 15) is 14.6 Å². The quantitative estimate of drug-likeness (QED) is 0.461. The number of esters is 1. The molecule has 1 saturated heterocycles. The van der Waals surface area contributed by atoms with Crippen LogP contribution in [0.25, 0.3) is 0 Å². The molecule has 2 aliphatic rings. The molecule has 0 aliphatic carbocycles. The van der Waals surface area contributed by atoms with E-state index in [4.69, 9.17) is 9.39 Å². The number of amides is 1. The fraction of sp³-hybridized carbons (Fsp3) is 0.462. The molecule has 1 fully saturated rings. The van der Waals surface area contributed by atoms with Crippen LogP contribution in [0.1, 0.15) is 59.3 Å². The predicted molar refractivity (Wildman–Crippen MR) is 130 cm³/mol. The molecule has 34 heavy (non-hydrogen) atoms. The van der Waals surface area contributed by atoms with Gasteiger partial charge in [0, 0.05) is 12.1 Å². The van der Waals surface area contributed by atoms with Gasteiger partial charge in [0.2, 0.25) is 0 Å². The number of carbonyl (C=O) groups excluding carboxylic acids is 2. The normalized spacial score (nSPS) is 16.6. The Morgan fingerprint density at radius 1 is 1.12 bits per heavy atom. The van der Waals surface area contributed by atoms with Gasteiger partial charge in [0.1, 0.15) is 12.6 Å². The first-order valence-corrected chi connectivity index (χ1v) is 12.0. The molecule has 1 unspecified atom stereocenters. The van der Waals surface area contributed by atoms with Crippen LogP contribution in [0.3, 0.4) is 0 Å². The summed E-state index contributed by atoms with van der Waals surface area (Å²) in [5.74, 6) is -0.990. The molecule has 0 spiro atoms. The number of ether oxygens (including phenoxy) is 1. The van der Waals surface area contributed by atoms with Gasteiger partial charge in [-0.25, -0.2) is 4.79 Å². The third kappa shape index (κ3) is 5.51. The lowest BCUT2D eigenvalue weighted by Gasteiger charge is -2.22. The molecule has 8 heteroatoms. The third-order valence-electron chi connectivity index (χ3n) is 6.71. The summed E-state index contributed by atoms with van der Waals surface area (Å²) >= 11 is 0. The van der Waals surface area contributed by atoms with Crippen molar-refractivity contribution in [3.05, 3.63) is 64.2 Å². The largest absolute Gasteiger partial charge is 0.492 e. The topological polar surface area (TPSA) is 88.1 Å². The molecule has 7 nitrogen and oxygen atoms in total. The maximum Gasteiger partial charge on any atom is 0.492 e. The van der Waals surface area contributed by atoms with E-state index in [0.717, 1.165) is 30.8 Å². The maximum absolute atomic E-state index is 13.0. The van der Waals surface area contributed by atoms with Crippen molar-refractivity contribution in [2.24, 2.45) is 5.92 Å². The minimum atomic E-state index is -1.03. The highest BCUT2D eigenvalue weighted by Gasteiger charge is 2.32. The molecule has 180 valence electrons. The third-order valence-corrected chi connectivity index (χ3v) is 6.71. The molecule has 0 radical (unpaired) electrons. The molecule has 2 aromatic carbocycles. The van der Waals surface area contributed by atoms with Crippen molar-refractivity contribution < 1.29 is 24.0 Å². The lowest BCUT2D eigenvalue weighted by Crippen LogP contribution is -2.46. The Morgan fingerprint density at radius 3 is 2.47 bits per heavy atom. The average molecular weight is 464 g/mol. The molecule has 0 aromatic heterocycles. The van der Waals surface area contributed by atoms with Gasteiger partial charge < -0.3 is 19.7 Å². The van der Waals surface area contributed by atoms with Gasteiger partial charge in [0.15, 0.2) is 0 Å². The molecule has 2 heterocycles. The van der Waals surface area contributed by atoms with Crippen LogP contribution in [0.4, 0.5) is 0 Å². The summed E-state index contributed by atoms with van der Waals surface area (Å²) in [6.07, 6.45) is 2.54. The second-order valence-corrected chi connectivity index (χ2v) is 9.58. The summed E-state index contributed by atoms with van der Waals surface area (Å²) in [5, 5.41) is 12.9. The Balaban J connectivity index is 1.35. The highest BCUT2D eigenvalue weighted by Crippen LogP contribution is 2.18. The van der Waals surface area contributed by atoms with Crippen molar-refractivity contribution in [2.45, 2.75) is 59.4 Å². The first kappa shape index (κ1) is 24.4. The van der Waals surface area contributed by atoms with Gasteiger partial charge in [-0.05, 0) is 72.6 Å². The van der Waals surface area contributed by atoms with Crippen LogP contribution in [0.2, 0.25) is 0 Å². The molecule has 2 aromatic rings. The number of likely N-dealkylation sites (tertiary alicyclic amines) is 1. The first-order chi connectivity index (χ1) is 16.3.